The molecule has 3 rings (SSSR count). The van der Waals surface area contributed by atoms with Crippen molar-refractivity contribution in [3.63, 3.8) is 0 Å². The van der Waals surface area contributed by atoms with Crippen LogP contribution in [-0.2, 0) is 16.0 Å². The lowest BCUT2D eigenvalue weighted by Crippen LogP contribution is -2.31. The van der Waals surface area contributed by atoms with Crippen molar-refractivity contribution in [2.45, 2.75) is 13.5 Å². The van der Waals surface area contributed by atoms with Gasteiger partial charge in [0.1, 0.15) is 0 Å². The highest BCUT2D eigenvalue weighted by atomic mass is 16.5. The molecule has 0 aromatic heterocycles. The van der Waals surface area contributed by atoms with Crippen LogP contribution in [0.2, 0.25) is 0 Å². The number of hydrogen-bond acceptors (Lipinski definition) is 5. The Morgan fingerprint density at radius 1 is 0.929 bits per heavy atom. The van der Waals surface area contributed by atoms with Gasteiger partial charge in [0.15, 0.2) is 0 Å². The maximum absolute atomic E-state index is 12.7. The summed E-state index contributed by atoms with van der Waals surface area (Å²) in [5, 5.41) is 0. The van der Waals surface area contributed by atoms with Crippen LogP contribution in [0.15, 0.2) is 48.5 Å². The number of nitrogens with zero attached hydrogens (tertiary/aromatic N) is 2. The summed E-state index contributed by atoms with van der Waals surface area (Å²) >= 11 is 0. The topological polar surface area (TPSA) is 76.2 Å². The molecular formula is C21H22N2O5. The zero-order chi connectivity index (χ0) is 20.1. The van der Waals surface area contributed by atoms with Crippen LogP contribution in [0.4, 0.5) is 10.5 Å². The van der Waals surface area contributed by atoms with Gasteiger partial charge in [-0.05, 0) is 48.9 Å². The second-order valence-corrected chi connectivity index (χ2v) is 6.31. The Morgan fingerprint density at radius 2 is 1.54 bits per heavy atom. The van der Waals surface area contributed by atoms with Crippen molar-refractivity contribution >= 4 is 23.7 Å². The molecule has 1 aliphatic heterocycles. The first-order valence-electron chi connectivity index (χ1n) is 9.04. The van der Waals surface area contributed by atoms with Crippen molar-refractivity contribution in [2.75, 3.05) is 31.7 Å². The molecule has 0 saturated carbocycles. The van der Waals surface area contributed by atoms with Crippen molar-refractivity contribution in [1.29, 1.82) is 0 Å². The molecule has 0 aliphatic carbocycles. The molecule has 0 unspecified atom stereocenters. The van der Waals surface area contributed by atoms with Crippen molar-refractivity contribution in [1.82, 2.24) is 4.90 Å². The number of benzene rings is 2. The van der Waals surface area contributed by atoms with E-state index in [0.717, 1.165) is 11.3 Å². The molecule has 0 N–H and O–H groups in total. The van der Waals surface area contributed by atoms with E-state index in [9.17, 15) is 14.4 Å². The number of hydrogen-bond donors (Lipinski definition) is 0. The summed E-state index contributed by atoms with van der Waals surface area (Å²) in [6.45, 7) is 3.69. The molecule has 1 saturated heterocycles. The van der Waals surface area contributed by atoms with E-state index in [-0.39, 0.29) is 18.0 Å². The van der Waals surface area contributed by atoms with E-state index in [1.165, 1.54) is 7.11 Å². The summed E-state index contributed by atoms with van der Waals surface area (Å²) in [6, 6.07) is 13.7. The smallest absolute Gasteiger partial charge is 0.338 e. The number of urea groups is 1. The summed E-state index contributed by atoms with van der Waals surface area (Å²) in [7, 11) is 1.34. The summed E-state index contributed by atoms with van der Waals surface area (Å²) < 4.78 is 9.66. The van der Waals surface area contributed by atoms with Gasteiger partial charge in [0.25, 0.3) is 0 Å². The van der Waals surface area contributed by atoms with Crippen LogP contribution >= 0.6 is 0 Å². The van der Waals surface area contributed by atoms with Crippen LogP contribution in [-0.4, -0.2) is 49.7 Å². The summed E-state index contributed by atoms with van der Waals surface area (Å²) in [5.74, 6) is -0.764. The SMILES string of the molecule is CCOC(=O)c1ccc(N2CCN(Cc3ccc(C(=O)OC)cc3)C2=O)cc1. The van der Waals surface area contributed by atoms with E-state index in [4.69, 9.17) is 4.74 Å². The van der Waals surface area contributed by atoms with Gasteiger partial charge in [-0.3, -0.25) is 4.90 Å². The molecule has 1 aliphatic rings. The van der Waals surface area contributed by atoms with Gasteiger partial charge in [-0.2, -0.15) is 0 Å². The number of rotatable bonds is 6. The third-order valence-corrected chi connectivity index (χ3v) is 4.53. The first-order valence-corrected chi connectivity index (χ1v) is 9.04. The van der Waals surface area contributed by atoms with E-state index in [1.54, 1.807) is 53.1 Å². The van der Waals surface area contributed by atoms with Gasteiger partial charge < -0.3 is 14.4 Å². The minimum absolute atomic E-state index is 0.0964. The second kappa shape index (κ2) is 8.56. The van der Waals surface area contributed by atoms with Gasteiger partial charge in [0.2, 0.25) is 0 Å². The minimum atomic E-state index is -0.388. The highest BCUT2D eigenvalue weighted by Gasteiger charge is 2.29. The van der Waals surface area contributed by atoms with Gasteiger partial charge in [-0.1, -0.05) is 12.1 Å². The number of esters is 2. The van der Waals surface area contributed by atoms with Gasteiger partial charge in [-0.15, -0.1) is 0 Å². The third-order valence-electron chi connectivity index (χ3n) is 4.53. The molecule has 28 heavy (non-hydrogen) atoms. The molecule has 2 amide bonds. The fourth-order valence-corrected chi connectivity index (χ4v) is 3.05. The van der Waals surface area contributed by atoms with Crippen LogP contribution in [0.1, 0.15) is 33.2 Å². The lowest BCUT2D eigenvalue weighted by atomic mass is 10.1. The van der Waals surface area contributed by atoms with E-state index in [2.05, 4.69) is 4.74 Å². The zero-order valence-corrected chi connectivity index (χ0v) is 15.9. The molecule has 0 bridgehead atoms. The Hall–Kier alpha value is -3.35. The first-order chi connectivity index (χ1) is 13.5. The molecule has 0 spiro atoms. The van der Waals surface area contributed by atoms with Crippen molar-refractivity contribution in [3.8, 4) is 0 Å². The third kappa shape index (κ3) is 4.14. The quantitative estimate of drug-likeness (QED) is 0.718. The van der Waals surface area contributed by atoms with Crippen LogP contribution < -0.4 is 4.90 Å². The Balaban J connectivity index is 1.64. The monoisotopic (exact) mass is 382 g/mol. The average molecular weight is 382 g/mol. The van der Waals surface area contributed by atoms with Crippen LogP contribution in [0.5, 0.6) is 0 Å². The summed E-state index contributed by atoms with van der Waals surface area (Å²) in [6.07, 6.45) is 0. The van der Waals surface area contributed by atoms with Gasteiger partial charge >= 0.3 is 18.0 Å². The second-order valence-electron chi connectivity index (χ2n) is 6.31. The maximum atomic E-state index is 12.7. The standard InChI is InChI=1S/C21H22N2O5/c1-3-28-20(25)17-8-10-18(11-9-17)23-13-12-22(21(23)26)14-15-4-6-16(7-5-15)19(24)27-2/h4-11H,3,12-14H2,1-2H3. The Morgan fingerprint density at radius 3 is 2.14 bits per heavy atom. The zero-order valence-electron chi connectivity index (χ0n) is 15.9. The number of ether oxygens (including phenoxy) is 2. The van der Waals surface area contributed by atoms with E-state index in [1.807, 2.05) is 12.1 Å². The Labute approximate surface area is 163 Å². The predicted molar refractivity (Wildman–Crippen MR) is 103 cm³/mol. The van der Waals surface area contributed by atoms with E-state index in [0.29, 0.717) is 37.4 Å². The fraction of sp³-hybridized carbons (Fsp3) is 0.286. The lowest BCUT2D eigenvalue weighted by Gasteiger charge is -2.19. The van der Waals surface area contributed by atoms with Crippen LogP contribution in [0.25, 0.3) is 0 Å². The van der Waals surface area contributed by atoms with E-state index >= 15 is 0 Å². The van der Waals surface area contributed by atoms with Crippen molar-refractivity contribution in [2.24, 2.45) is 0 Å². The Kier molecular flexibility index (Phi) is 5.93. The fourth-order valence-electron chi connectivity index (χ4n) is 3.05. The molecular weight excluding hydrogens is 360 g/mol. The Bertz CT molecular complexity index is 861. The number of methoxy groups -OCH3 is 1. The molecule has 2 aromatic rings. The van der Waals surface area contributed by atoms with Gasteiger partial charge in [0, 0.05) is 25.3 Å². The molecule has 0 atom stereocenters. The maximum Gasteiger partial charge on any atom is 0.338 e. The van der Waals surface area contributed by atoms with Gasteiger partial charge in [0.05, 0.1) is 24.8 Å². The molecule has 7 nitrogen and oxygen atoms in total. The predicted octanol–water partition coefficient (Wildman–Crippen LogP) is 3.09. The van der Waals surface area contributed by atoms with Crippen LogP contribution in [0, 0.1) is 0 Å². The molecule has 146 valence electrons. The molecule has 1 fully saturated rings. The number of carbonyl (C=O) groups excluding carboxylic acids is 3. The first kappa shape index (κ1) is 19.4. The largest absolute Gasteiger partial charge is 0.465 e. The number of anilines is 1. The van der Waals surface area contributed by atoms with Gasteiger partial charge in [-0.25, -0.2) is 14.4 Å². The highest BCUT2D eigenvalue weighted by molar-refractivity contribution is 5.95. The molecule has 1 heterocycles. The summed E-state index contributed by atoms with van der Waals surface area (Å²) in [4.78, 5) is 39.4. The number of carbonyl (C=O) groups is 3. The van der Waals surface area contributed by atoms with Crippen molar-refractivity contribution < 1.29 is 23.9 Å². The average Bonchev–Trinajstić information content (AvgIpc) is 3.08. The highest BCUT2D eigenvalue weighted by Crippen LogP contribution is 2.22. The normalized spacial score (nSPS) is 13.6. The van der Waals surface area contributed by atoms with E-state index < -0.39 is 0 Å². The lowest BCUT2D eigenvalue weighted by molar-refractivity contribution is 0.0525. The minimum Gasteiger partial charge on any atom is -0.465 e. The molecule has 7 heteroatoms. The van der Waals surface area contributed by atoms with Crippen LogP contribution in [0.3, 0.4) is 0 Å². The number of amides is 2. The molecule has 2 aromatic carbocycles. The van der Waals surface area contributed by atoms with Crippen molar-refractivity contribution in [3.05, 3.63) is 65.2 Å². The summed E-state index contributed by atoms with van der Waals surface area (Å²) in [5.41, 5.74) is 2.60. The molecule has 0 radical (unpaired) electrons.